The molecule has 0 unspecified atom stereocenters. The van der Waals surface area contributed by atoms with Crippen molar-refractivity contribution >= 4 is 5.69 Å². The van der Waals surface area contributed by atoms with Gasteiger partial charge in [0.15, 0.2) is 0 Å². The Bertz CT molecular complexity index is 696. The summed E-state index contributed by atoms with van der Waals surface area (Å²) in [6.07, 6.45) is 8.99. The molecule has 0 N–H and O–H groups in total. The highest BCUT2D eigenvalue weighted by molar-refractivity contribution is 5.64. The predicted molar refractivity (Wildman–Crippen MR) is 84.7 cm³/mol. The predicted octanol–water partition coefficient (Wildman–Crippen LogP) is 3.40. The second-order valence-corrected chi connectivity index (χ2v) is 5.17. The van der Waals surface area contributed by atoms with Crippen molar-refractivity contribution in [2.24, 2.45) is 0 Å². The Morgan fingerprint density at radius 3 is 2.55 bits per heavy atom. The van der Waals surface area contributed by atoms with Gasteiger partial charge in [0, 0.05) is 36.8 Å². The molecule has 6 nitrogen and oxygen atoms in total. The normalized spacial score (nSPS) is 10.6. The summed E-state index contributed by atoms with van der Waals surface area (Å²) in [6.45, 7) is 2.61. The molecule has 0 radical (unpaired) electrons. The summed E-state index contributed by atoms with van der Waals surface area (Å²) in [4.78, 5) is 26.6. The van der Waals surface area contributed by atoms with Gasteiger partial charge in [-0.1, -0.05) is 26.2 Å². The zero-order valence-electron chi connectivity index (χ0n) is 12.6. The molecular formula is C16H19N3O3. The van der Waals surface area contributed by atoms with E-state index < -0.39 is 10.5 Å². The third kappa shape index (κ3) is 3.78. The van der Waals surface area contributed by atoms with E-state index in [1.807, 2.05) is 0 Å². The van der Waals surface area contributed by atoms with Crippen LogP contribution in [-0.4, -0.2) is 14.5 Å². The third-order valence-corrected chi connectivity index (χ3v) is 3.53. The maximum Gasteiger partial charge on any atom is 0.334 e. The molecule has 2 rings (SSSR count). The maximum absolute atomic E-state index is 12.2. The summed E-state index contributed by atoms with van der Waals surface area (Å²) < 4.78 is 1.45. The number of hydrogen-bond donors (Lipinski definition) is 0. The first-order valence-electron chi connectivity index (χ1n) is 7.42. The van der Waals surface area contributed by atoms with Crippen molar-refractivity contribution < 1.29 is 4.92 Å². The summed E-state index contributed by atoms with van der Waals surface area (Å²) >= 11 is 0. The molecule has 0 aliphatic carbocycles. The third-order valence-electron chi connectivity index (χ3n) is 3.53. The van der Waals surface area contributed by atoms with Crippen LogP contribution >= 0.6 is 0 Å². The summed E-state index contributed by atoms with van der Waals surface area (Å²) in [6, 6.07) is 4.87. The lowest BCUT2D eigenvalue weighted by Crippen LogP contribution is -2.22. The van der Waals surface area contributed by atoms with Crippen LogP contribution in [0.15, 0.2) is 41.6 Å². The van der Waals surface area contributed by atoms with Crippen molar-refractivity contribution in [2.75, 3.05) is 0 Å². The van der Waals surface area contributed by atoms with Crippen LogP contribution in [0.2, 0.25) is 0 Å². The highest BCUT2D eigenvalue weighted by Crippen LogP contribution is 2.21. The average Bonchev–Trinajstić information content (AvgIpc) is 2.53. The van der Waals surface area contributed by atoms with Gasteiger partial charge in [-0.15, -0.1) is 0 Å². The van der Waals surface area contributed by atoms with Crippen LogP contribution in [0, 0.1) is 10.1 Å². The van der Waals surface area contributed by atoms with Crippen molar-refractivity contribution in [3.63, 3.8) is 0 Å². The number of nitrogens with zero attached hydrogens (tertiary/aromatic N) is 3. The van der Waals surface area contributed by atoms with Crippen LogP contribution in [0.1, 0.15) is 32.6 Å². The van der Waals surface area contributed by atoms with E-state index in [1.54, 1.807) is 30.7 Å². The Morgan fingerprint density at radius 1 is 1.18 bits per heavy atom. The molecular weight excluding hydrogens is 282 g/mol. The number of unbranched alkanes of at least 4 members (excludes halogenated alkanes) is 3. The van der Waals surface area contributed by atoms with Gasteiger partial charge in [-0.2, -0.15) is 0 Å². The fraction of sp³-hybridized carbons (Fsp3) is 0.375. The van der Waals surface area contributed by atoms with Gasteiger partial charge in [0.05, 0.1) is 4.92 Å². The number of rotatable bonds is 7. The van der Waals surface area contributed by atoms with Crippen molar-refractivity contribution in [3.8, 4) is 11.1 Å². The van der Waals surface area contributed by atoms with Crippen LogP contribution in [-0.2, 0) is 6.54 Å². The lowest BCUT2D eigenvalue weighted by molar-refractivity contribution is -0.386. The first-order valence-corrected chi connectivity index (χ1v) is 7.42. The molecule has 2 aromatic heterocycles. The van der Waals surface area contributed by atoms with E-state index in [2.05, 4.69) is 11.9 Å². The van der Waals surface area contributed by atoms with Crippen molar-refractivity contribution in [2.45, 2.75) is 39.2 Å². The van der Waals surface area contributed by atoms with Gasteiger partial charge >= 0.3 is 11.2 Å². The maximum atomic E-state index is 12.2. The average molecular weight is 301 g/mol. The van der Waals surface area contributed by atoms with E-state index in [0.717, 1.165) is 31.2 Å². The van der Waals surface area contributed by atoms with Gasteiger partial charge in [-0.3, -0.25) is 19.9 Å². The van der Waals surface area contributed by atoms with E-state index in [1.165, 1.54) is 10.6 Å². The number of nitro groups is 1. The first-order chi connectivity index (χ1) is 10.6. The van der Waals surface area contributed by atoms with Gasteiger partial charge in [0.1, 0.15) is 0 Å². The van der Waals surface area contributed by atoms with Crippen molar-refractivity contribution in [3.05, 3.63) is 57.3 Å². The minimum absolute atomic E-state index is 0.384. The zero-order chi connectivity index (χ0) is 15.9. The highest BCUT2D eigenvalue weighted by atomic mass is 16.6. The van der Waals surface area contributed by atoms with Gasteiger partial charge in [-0.25, -0.2) is 0 Å². The van der Waals surface area contributed by atoms with Crippen LogP contribution in [0.25, 0.3) is 11.1 Å². The quantitative estimate of drug-likeness (QED) is 0.446. The molecule has 22 heavy (non-hydrogen) atoms. The number of aromatic nitrogens is 2. The Hall–Kier alpha value is -2.50. The molecule has 0 amide bonds. The molecule has 6 heteroatoms. The van der Waals surface area contributed by atoms with E-state index >= 15 is 0 Å². The highest BCUT2D eigenvalue weighted by Gasteiger charge is 2.17. The van der Waals surface area contributed by atoms with E-state index in [0.29, 0.717) is 12.1 Å². The number of aryl methyl sites for hydroxylation is 1. The van der Waals surface area contributed by atoms with Gasteiger partial charge in [-0.05, 0) is 24.1 Å². The smallest absolute Gasteiger partial charge is 0.309 e. The Labute approximate surface area is 128 Å². The van der Waals surface area contributed by atoms with Crippen LogP contribution < -0.4 is 5.56 Å². The van der Waals surface area contributed by atoms with E-state index in [-0.39, 0.29) is 5.69 Å². The Kier molecular flexibility index (Phi) is 5.41. The standard InChI is InChI=1S/C16H19N3O3/c1-2-3-4-5-10-18-12-14(13-6-8-17-9-7-13)11-15(16(18)20)19(21)22/h6-9,11-12H,2-5,10H2,1H3. The molecule has 2 heterocycles. The molecule has 2 aromatic rings. The fourth-order valence-electron chi connectivity index (χ4n) is 2.33. The molecule has 0 aliphatic rings. The second-order valence-electron chi connectivity index (χ2n) is 5.17. The zero-order valence-corrected chi connectivity index (χ0v) is 12.6. The number of hydrogen-bond acceptors (Lipinski definition) is 4. The van der Waals surface area contributed by atoms with Crippen molar-refractivity contribution in [1.29, 1.82) is 0 Å². The van der Waals surface area contributed by atoms with E-state index in [9.17, 15) is 14.9 Å². The Balaban J connectivity index is 2.37. The lowest BCUT2D eigenvalue weighted by Gasteiger charge is -2.09. The summed E-state index contributed by atoms with van der Waals surface area (Å²) in [7, 11) is 0. The first kappa shape index (κ1) is 15.9. The SMILES string of the molecule is CCCCCCn1cc(-c2ccncc2)cc([N+](=O)[O-])c1=O. The molecule has 0 saturated carbocycles. The summed E-state index contributed by atoms with van der Waals surface area (Å²) in [5.41, 5.74) is 0.536. The van der Waals surface area contributed by atoms with Crippen molar-refractivity contribution in [1.82, 2.24) is 9.55 Å². The summed E-state index contributed by atoms with van der Waals surface area (Å²) in [5, 5.41) is 11.1. The molecule has 0 bridgehead atoms. The van der Waals surface area contributed by atoms with Gasteiger partial charge in [0.25, 0.3) is 0 Å². The van der Waals surface area contributed by atoms with Crippen LogP contribution in [0.3, 0.4) is 0 Å². The largest absolute Gasteiger partial charge is 0.334 e. The van der Waals surface area contributed by atoms with Crippen LogP contribution in [0.4, 0.5) is 5.69 Å². The van der Waals surface area contributed by atoms with Gasteiger partial charge < -0.3 is 4.57 Å². The summed E-state index contributed by atoms with van der Waals surface area (Å²) in [5.74, 6) is 0. The minimum Gasteiger partial charge on any atom is -0.309 e. The molecule has 0 fully saturated rings. The molecule has 0 aliphatic heterocycles. The lowest BCUT2D eigenvalue weighted by atomic mass is 10.1. The monoisotopic (exact) mass is 301 g/mol. The second kappa shape index (κ2) is 7.49. The fourth-order valence-corrected chi connectivity index (χ4v) is 2.33. The molecule has 0 saturated heterocycles. The molecule has 0 spiro atoms. The Morgan fingerprint density at radius 2 is 1.91 bits per heavy atom. The number of pyridine rings is 2. The van der Waals surface area contributed by atoms with E-state index in [4.69, 9.17) is 0 Å². The molecule has 0 aromatic carbocycles. The topological polar surface area (TPSA) is 78.0 Å². The molecule has 116 valence electrons. The van der Waals surface area contributed by atoms with Crippen LogP contribution in [0.5, 0.6) is 0 Å². The van der Waals surface area contributed by atoms with Gasteiger partial charge in [0.2, 0.25) is 0 Å². The molecule has 0 atom stereocenters. The minimum atomic E-state index is -0.616.